The monoisotopic (exact) mass is 256 g/mol. The molecule has 0 saturated carbocycles. The number of aliphatic hydroxyl groups is 1. The lowest BCUT2D eigenvalue weighted by Crippen LogP contribution is -2.11. The van der Waals surface area contributed by atoms with Crippen molar-refractivity contribution in [1.29, 1.82) is 0 Å². The van der Waals surface area contributed by atoms with Gasteiger partial charge in [-0.1, -0.05) is 0 Å². The molecule has 0 aliphatic heterocycles. The van der Waals surface area contributed by atoms with E-state index in [-0.39, 0.29) is 25.4 Å². The molecule has 0 heterocycles. The highest BCUT2D eigenvalue weighted by Crippen LogP contribution is 2.23. The van der Waals surface area contributed by atoms with Gasteiger partial charge in [-0.25, -0.2) is 0 Å². The van der Waals surface area contributed by atoms with Crippen LogP contribution in [0.15, 0.2) is 18.2 Å². The molecule has 18 heavy (non-hydrogen) atoms. The fourth-order valence-electron chi connectivity index (χ4n) is 1.36. The number of nitrogens with two attached hydrogens (primary N) is 1. The Kier molecular flexibility index (Phi) is 6.06. The van der Waals surface area contributed by atoms with Crippen LogP contribution in [-0.4, -0.2) is 36.5 Å². The molecule has 0 spiro atoms. The lowest BCUT2D eigenvalue weighted by Gasteiger charge is -2.10. The summed E-state index contributed by atoms with van der Waals surface area (Å²) in [6.07, 6.45) is 0. The summed E-state index contributed by atoms with van der Waals surface area (Å²) in [5.74, 6) is 0.510. The zero-order valence-electron chi connectivity index (χ0n) is 9.87. The van der Waals surface area contributed by atoms with Crippen molar-refractivity contribution >= 4 is 5.69 Å². The standard InChI is InChI=1S/C11H16N2O5/c12-8-9-7-10(13(15)16)1-2-11(9)18-6-5-17-4-3-14/h1-2,7,14H,3-6,8,12H2. The van der Waals surface area contributed by atoms with E-state index < -0.39 is 4.92 Å². The van der Waals surface area contributed by atoms with Crippen LogP contribution in [0.4, 0.5) is 5.69 Å². The van der Waals surface area contributed by atoms with Gasteiger partial charge in [-0.05, 0) is 6.07 Å². The van der Waals surface area contributed by atoms with Gasteiger partial charge in [0.05, 0.1) is 24.7 Å². The second kappa shape index (κ2) is 7.59. The van der Waals surface area contributed by atoms with Gasteiger partial charge in [-0.3, -0.25) is 10.1 Å². The molecule has 0 aromatic heterocycles. The van der Waals surface area contributed by atoms with Crippen molar-refractivity contribution in [3.8, 4) is 5.75 Å². The number of benzene rings is 1. The number of nitro benzene ring substituents is 1. The van der Waals surface area contributed by atoms with Crippen molar-refractivity contribution in [2.24, 2.45) is 5.73 Å². The van der Waals surface area contributed by atoms with E-state index in [9.17, 15) is 10.1 Å². The van der Waals surface area contributed by atoms with Gasteiger partial charge in [-0.15, -0.1) is 0 Å². The molecule has 0 amide bonds. The van der Waals surface area contributed by atoms with Crippen molar-refractivity contribution in [3.05, 3.63) is 33.9 Å². The number of nitro groups is 1. The Bertz CT molecular complexity index is 397. The SMILES string of the molecule is NCc1cc([N+](=O)[O-])ccc1OCCOCCO. The average Bonchev–Trinajstić information content (AvgIpc) is 2.38. The van der Waals surface area contributed by atoms with E-state index in [1.807, 2.05) is 0 Å². The van der Waals surface area contributed by atoms with E-state index in [0.717, 1.165) is 0 Å². The molecule has 1 rings (SSSR count). The van der Waals surface area contributed by atoms with Crippen LogP contribution in [0, 0.1) is 10.1 Å². The Labute approximate surface area is 104 Å². The van der Waals surface area contributed by atoms with Gasteiger partial charge in [0.2, 0.25) is 0 Å². The van der Waals surface area contributed by atoms with Gasteiger partial charge >= 0.3 is 0 Å². The van der Waals surface area contributed by atoms with Gasteiger partial charge in [0.25, 0.3) is 5.69 Å². The first-order chi connectivity index (χ1) is 8.69. The Morgan fingerprint density at radius 3 is 2.72 bits per heavy atom. The van der Waals surface area contributed by atoms with Crippen molar-refractivity contribution < 1.29 is 19.5 Å². The zero-order valence-corrected chi connectivity index (χ0v) is 9.87. The molecule has 7 heteroatoms. The van der Waals surface area contributed by atoms with Gasteiger partial charge in [-0.2, -0.15) is 0 Å². The third-order valence-electron chi connectivity index (χ3n) is 2.20. The molecule has 1 aromatic carbocycles. The molecule has 0 aliphatic carbocycles. The summed E-state index contributed by atoms with van der Waals surface area (Å²) in [6.45, 7) is 1.01. The van der Waals surface area contributed by atoms with Crippen molar-refractivity contribution in [3.63, 3.8) is 0 Å². The average molecular weight is 256 g/mol. The minimum atomic E-state index is -0.479. The summed E-state index contributed by atoms with van der Waals surface area (Å²) < 4.78 is 10.4. The quantitative estimate of drug-likeness (QED) is 0.397. The molecule has 0 bridgehead atoms. The second-order valence-electron chi connectivity index (χ2n) is 3.44. The maximum atomic E-state index is 10.6. The Morgan fingerprint density at radius 2 is 2.11 bits per heavy atom. The van der Waals surface area contributed by atoms with Gasteiger partial charge in [0.15, 0.2) is 0 Å². The molecular formula is C11H16N2O5. The molecule has 0 aliphatic rings. The van der Waals surface area contributed by atoms with E-state index >= 15 is 0 Å². The molecule has 0 fully saturated rings. The van der Waals surface area contributed by atoms with Crippen LogP contribution in [0.2, 0.25) is 0 Å². The van der Waals surface area contributed by atoms with E-state index in [0.29, 0.717) is 24.5 Å². The molecule has 0 saturated heterocycles. The Hall–Kier alpha value is -1.70. The molecule has 100 valence electrons. The number of aliphatic hydroxyl groups excluding tert-OH is 1. The Morgan fingerprint density at radius 1 is 1.33 bits per heavy atom. The van der Waals surface area contributed by atoms with Crippen LogP contribution >= 0.6 is 0 Å². The van der Waals surface area contributed by atoms with Crippen LogP contribution in [-0.2, 0) is 11.3 Å². The molecule has 3 N–H and O–H groups in total. The highest BCUT2D eigenvalue weighted by Gasteiger charge is 2.10. The maximum absolute atomic E-state index is 10.6. The van der Waals surface area contributed by atoms with Crippen LogP contribution in [0.3, 0.4) is 0 Å². The van der Waals surface area contributed by atoms with Crippen LogP contribution in [0.1, 0.15) is 5.56 Å². The number of hydrogen-bond donors (Lipinski definition) is 2. The van der Waals surface area contributed by atoms with Crippen LogP contribution < -0.4 is 10.5 Å². The summed E-state index contributed by atoms with van der Waals surface area (Å²) in [5, 5.41) is 19.1. The largest absolute Gasteiger partial charge is 0.491 e. The van der Waals surface area contributed by atoms with Crippen molar-refractivity contribution in [2.75, 3.05) is 26.4 Å². The summed E-state index contributed by atoms with van der Waals surface area (Å²) in [4.78, 5) is 10.1. The molecule has 0 unspecified atom stereocenters. The van der Waals surface area contributed by atoms with E-state index in [4.69, 9.17) is 20.3 Å². The summed E-state index contributed by atoms with van der Waals surface area (Å²) >= 11 is 0. The zero-order chi connectivity index (χ0) is 13.4. The van der Waals surface area contributed by atoms with Crippen molar-refractivity contribution in [1.82, 2.24) is 0 Å². The van der Waals surface area contributed by atoms with Gasteiger partial charge in [0.1, 0.15) is 12.4 Å². The van der Waals surface area contributed by atoms with Crippen LogP contribution in [0.5, 0.6) is 5.75 Å². The smallest absolute Gasteiger partial charge is 0.270 e. The minimum Gasteiger partial charge on any atom is -0.491 e. The number of nitrogens with zero attached hydrogens (tertiary/aromatic N) is 1. The third kappa shape index (κ3) is 4.28. The predicted octanol–water partition coefficient (Wildman–Crippen LogP) is 0.441. The highest BCUT2D eigenvalue weighted by molar-refractivity contribution is 5.43. The van der Waals surface area contributed by atoms with E-state index in [1.165, 1.54) is 18.2 Å². The topological polar surface area (TPSA) is 108 Å². The number of hydrogen-bond acceptors (Lipinski definition) is 6. The number of non-ortho nitro benzene ring substituents is 1. The molecule has 0 radical (unpaired) electrons. The van der Waals surface area contributed by atoms with Gasteiger partial charge in [0, 0.05) is 24.2 Å². The van der Waals surface area contributed by atoms with Gasteiger partial charge < -0.3 is 20.3 Å². The second-order valence-corrected chi connectivity index (χ2v) is 3.44. The predicted molar refractivity (Wildman–Crippen MR) is 64.4 cm³/mol. The fraction of sp³-hybridized carbons (Fsp3) is 0.455. The maximum Gasteiger partial charge on any atom is 0.270 e. The molecule has 1 aromatic rings. The summed E-state index contributed by atoms with van der Waals surface area (Å²) in [5.41, 5.74) is 6.07. The minimum absolute atomic E-state index is 0.0145. The fourth-order valence-corrected chi connectivity index (χ4v) is 1.36. The van der Waals surface area contributed by atoms with Crippen molar-refractivity contribution in [2.45, 2.75) is 6.54 Å². The Balaban J connectivity index is 2.57. The normalized spacial score (nSPS) is 10.3. The highest BCUT2D eigenvalue weighted by atomic mass is 16.6. The van der Waals surface area contributed by atoms with Crippen LogP contribution in [0.25, 0.3) is 0 Å². The number of rotatable bonds is 8. The summed E-state index contributed by atoms with van der Waals surface area (Å²) in [7, 11) is 0. The first-order valence-electron chi connectivity index (χ1n) is 5.47. The lowest BCUT2D eigenvalue weighted by molar-refractivity contribution is -0.384. The first kappa shape index (κ1) is 14.4. The summed E-state index contributed by atoms with van der Waals surface area (Å²) in [6, 6.07) is 4.28. The van der Waals surface area contributed by atoms with E-state index in [2.05, 4.69) is 0 Å². The molecular weight excluding hydrogens is 240 g/mol. The van der Waals surface area contributed by atoms with E-state index in [1.54, 1.807) is 0 Å². The first-order valence-corrected chi connectivity index (χ1v) is 5.47. The third-order valence-corrected chi connectivity index (χ3v) is 2.20. The number of ether oxygens (including phenoxy) is 2. The lowest BCUT2D eigenvalue weighted by atomic mass is 10.2. The molecule has 0 atom stereocenters. The molecule has 7 nitrogen and oxygen atoms in total.